The molecule has 0 amide bonds. The van der Waals surface area contributed by atoms with Crippen LogP contribution in [-0.2, 0) is 20.4 Å². The van der Waals surface area contributed by atoms with Crippen LogP contribution in [0.4, 0.5) is 0 Å². The maximum Gasteiger partial charge on any atom is 0.325 e. The van der Waals surface area contributed by atoms with Crippen molar-refractivity contribution >= 4 is 12.0 Å². The summed E-state index contributed by atoms with van der Waals surface area (Å²) in [7, 11) is 1.29. The third-order valence-electron chi connectivity index (χ3n) is 4.21. The van der Waals surface area contributed by atoms with Crippen molar-refractivity contribution < 1.29 is 19.7 Å². The molecule has 1 aromatic rings. The zero-order valence-electron chi connectivity index (χ0n) is 17.0. The highest BCUT2D eigenvalue weighted by Crippen LogP contribution is 2.39. The molecule has 26 heavy (non-hydrogen) atoms. The zero-order valence-corrected chi connectivity index (χ0v) is 17.0. The highest BCUT2D eigenvalue weighted by molar-refractivity contribution is 5.75. The molecular weight excluding hydrogens is 330 g/mol. The molecule has 5 heteroatoms. The normalized spacial score (nSPS) is 13.8. The first kappa shape index (κ1) is 22.2. The summed E-state index contributed by atoms with van der Waals surface area (Å²) >= 11 is 0. The fourth-order valence-electron chi connectivity index (χ4n) is 2.67. The number of hydrogen-bond acceptors (Lipinski definition) is 5. The summed E-state index contributed by atoms with van der Waals surface area (Å²) in [5.41, 5.74) is 2.43. The molecule has 0 spiro atoms. The van der Waals surface area contributed by atoms with Gasteiger partial charge in [0, 0.05) is 17.7 Å². The number of benzene rings is 1. The third-order valence-corrected chi connectivity index (χ3v) is 4.21. The van der Waals surface area contributed by atoms with Crippen molar-refractivity contribution in [2.24, 2.45) is 0 Å². The van der Waals surface area contributed by atoms with Crippen molar-refractivity contribution in [1.29, 1.82) is 0 Å². The highest BCUT2D eigenvalue weighted by atomic mass is 16.5. The molecule has 0 aromatic heterocycles. The Morgan fingerprint density at radius 1 is 1.15 bits per heavy atom. The third kappa shape index (κ3) is 5.85. The Bertz CT molecular complexity index is 616. The Labute approximate surface area is 157 Å². The molecular formula is C21H33NO4. The van der Waals surface area contributed by atoms with E-state index in [4.69, 9.17) is 0 Å². The maximum atomic E-state index is 11.5. The lowest BCUT2D eigenvalue weighted by Crippen LogP contribution is -2.40. The molecule has 0 aliphatic heterocycles. The minimum atomic E-state index is -0.736. The van der Waals surface area contributed by atoms with Gasteiger partial charge in [-0.1, -0.05) is 53.7 Å². The molecule has 0 radical (unpaired) electrons. The maximum absolute atomic E-state index is 11.5. The number of esters is 1. The van der Waals surface area contributed by atoms with Crippen molar-refractivity contribution in [3.63, 3.8) is 0 Å². The first-order valence-corrected chi connectivity index (χ1v) is 8.88. The van der Waals surface area contributed by atoms with Crippen LogP contribution in [0.3, 0.4) is 0 Å². The lowest BCUT2D eigenvalue weighted by atomic mass is 9.78. The van der Waals surface area contributed by atoms with Crippen molar-refractivity contribution in [2.45, 2.75) is 58.4 Å². The lowest BCUT2D eigenvalue weighted by Gasteiger charge is -2.27. The quantitative estimate of drug-likeness (QED) is 0.677. The Morgan fingerprint density at radius 2 is 1.65 bits per heavy atom. The molecule has 0 heterocycles. The second-order valence-electron chi connectivity index (χ2n) is 8.53. The van der Waals surface area contributed by atoms with Gasteiger partial charge in [-0.05, 0) is 28.5 Å². The van der Waals surface area contributed by atoms with Crippen LogP contribution in [-0.4, -0.2) is 42.5 Å². The standard InChI is InChI=1S/C21H33NO4/c1-20(2,3)15-11-14(12-16(18(15)24)21(4,5)6)9-8-10-22-17(13-23)19(25)26-7/h8-9,11-12,17,22-24H,10,13H2,1-7H3/b9-8+/t17-/m0/s1. The van der Waals surface area contributed by atoms with Gasteiger partial charge in [-0.25, -0.2) is 0 Å². The molecule has 0 unspecified atom stereocenters. The fourth-order valence-corrected chi connectivity index (χ4v) is 2.67. The molecule has 5 nitrogen and oxygen atoms in total. The number of hydrogen-bond donors (Lipinski definition) is 3. The second-order valence-corrected chi connectivity index (χ2v) is 8.53. The number of aliphatic hydroxyl groups is 1. The van der Waals surface area contributed by atoms with E-state index in [9.17, 15) is 15.0 Å². The van der Waals surface area contributed by atoms with Crippen LogP contribution in [0, 0.1) is 0 Å². The van der Waals surface area contributed by atoms with Crippen LogP contribution in [0.5, 0.6) is 5.75 Å². The van der Waals surface area contributed by atoms with E-state index in [1.165, 1.54) is 7.11 Å². The fraction of sp³-hybridized carbons (Fsp3) is 0.571. The lowest BCUT2D eigenvalue weighted by molar-refractivity contribution is -0.144. The topological polar surface area (TPSA) is 78.8 Å². The van der Waals surface area contributed by atoms with Gasteiger partial charge < -0.3 is 14.9 Å². The van der Waals surface area contributed by atoms with Crippen LogP contribution >= 0.6 is 0 Å². The molecule has 146 valence electrons. The van der Waals surface area contributed by atoms with E-state index >= 15 is 0 Å². The van der Waals surface area contributed by atoms with Crippen LogP contribution in [0.1, 0.15) is 58.2 Å². The Hall–Kier alpha value is -1.85. The smallest absolute Gasteiger partial charge is 0.325 e. The SMILES string of the molecule is COC(=O)[C@H](CO)NC/C=C/c1cc(C(C)(C)C)c(O)c(C(C)(C)C)c1. The molecule has 1 rings (SSSR count). The number of rotatable bonds is 6. The Morgan fingerprint density at radius 3 is 2.04 bits per heavy atom. The Kier molecular flexibility index (Phi) is 7.42. The number of nitrogens with one attached hydrogen (secondary N) is 1. The molecule has 1 aromatic carbocycles. The van der Waals surface area contributed by atoms with Crippen LogP contribution in [0.15, 0.2) is 18.2 Å². The number of methoxy groups -OCH3 is 1. The zero-order chi connectivity index (χ0) is 20.1. The summed E-state index contributed by atoms with van der Waals surface area (Å²) in [5, 5.41) is 22.9. The first-order chi connectivity index (χ1) is 11.9. The Balaban J connectivity index is 3.08. The molecule has 1 atom stereocenters. The van der Waals surface area contributed by atoms with Crippen LogP contribution in [0.2, 0.25) is 0 Å². The molecule has 0 bridgehead atoms. The minimum Gasteiger partial charge on any atom is -0.507 e. The minimum absolute atomic E-state index is 0.181. The first-order valence-electron chi connectivity index (χ1n) is 8.88. The van der Waals surface area contributed by atoms with Gasteiger partial charge in [0.1, 0.15) is 11.8 Å². The van der Waals surface area contributed by atoms with E-state index < -0.39 is 12.0 Å². The number of ether oxygens (including phenoxy) is 1. The van der Waals surface area contributed by atoms with Gasteiger partial charge in [-0.3, -0.25) is 10.1 Å². The number of aromatic hydroxyl groups is 1. The van der Waals surface area contributed by atoms with E-state index in [1.54, 1.807) is 0 Å². The van der Waals surface area contributed by atoms with E-state index in [2.05, 4.69) is 51.6 Å². The van der Waals surface area contributed by atoms with E-state index in [0.717, 1.165) is 16.7 Å². The van der Waals surface area contributed by atoms with Crippen molar-refractivity contribution in [2.75, 3.05) is 20.3 Å². The predicted molar refractivity (Wildman–Crippen MR) is 105 cm³/mol. The van der Waals surface area contributed by atoms with Crippen LogP contribution in [0.25, 0.3) is 6.08 Å². The van der Waals surface area contributed by atoms with E-state index in [1.807, 2.05) is 24.3 Å². The largest absolute Gasteiger partial charge is 0.507 e. The van der Waals surface area contributed by atoms with Crippen molar-refractivity contribution in [1.82, 2.24) is 5.32 Å². The van der Waals surface area contributed by atoms with Gasteiger partial charge in [0.05, 0.1) is 13.7 Å². The van der Waals surface area contributed by atoms with E-state index in [0.29, 0.717) is 12.3 Å². The molecule has 0 aliphatic rings. The van der Waals surface area contributed by atoms with Gasteiger partial charge in [-0.15, -0.1) is 0 Å². The number of carbonyl (C=O) groups excluding carboxylic acids is 1. The second kappa shape index (κ2) is 8.69. The molecule has 0 saturated carbocycles. The van der Waals surface area contributed by atoms with E-state index in [-0.39, 0.29) is 17.4 Å². The number of phenols is 1. The summed E-state index contributed by atoms with van der Waals surface area (Å²) < 4.78 is 4.62. The summed E-state index contributed by atoms with van der Waals surface area (Å²) in [6.07, 6.45) is 3.83. The van der Waals surface area contributed by atoms with Crippen molar-refractivity contribution in [3.05, 3.63) is 34.9 Å². The monoisotopic (exact) mass is 363 g/mol. The average molecular weight is 363 g/mol. The summed E-state index contributed by atoms with van der Waals surface area (Å²) in [6, 6.07) is 3.25. The number of phenolic OH excluding ortho intramolecular Hbond substituents is 1. The summed E-state index contributed by atoms with van der Waals surface area (Å²) in [5.74, 6) is -0.137. The molecule has 0 saturated heterocycles. The predicted octanol–water partition coefficient (Wildman–Crippen LogP) is 3.12. The molecule has 3 N–H and O–H groups in total. The molecule has 0 aliphatic carbocycles. The van der Waals surface area contributed by atoms with Crippen molar-refractivity contribution in [3.8, 4) is 5.75 Å². The van der Waals surface area contributed by atoms with Gasteiger partial charge >= 0.3 is 5.97 Å². The van der Waals surface area contributed by atoms with Crippen LogP contribution < -0.4 is 5.32 Å². The van der Waals surface area contributed by atoms with Gasteiger partial charge in [0.2, 0.25) is 0 Å². The summed E-state index contributed by atoms with van der Waals surface area (Å²) in [4.78, 5) is 11.5. The number of aliphatic hydroxyl groups excluding tert-OH is 1. The summed E-state index contributed by atoms with van der Waals surface area (Å²) in [6.45, 7) is 12.5. The highest BCUT2D eigenvalue weighted by Gasteiger charge is 2.26. The van der Waals surface area contributed by atoms with Gasteiger partial charge in [-0.2, -0.15) is 0 Å². The average Bonchev–Trinajstić information content (AvgIpc) is 2.53. The van der Waals surface area contributed by atoms with Gasteiger partial charge in [0.15, 0.2) is 0 Å². The number of carbonyl (C=O) groups is 1. The van der Waals surface area contributed by atoms with Gasteiger partial charge in [0.25, 0.3) is 0 Å². The molecule has 0 fully saturated rings.